The predicted octanol–water partition coefficient (Wildman–Crippen LogP) is 2.39. The van der Waals surface area contributed by atoms with E-state index in [4.69, 9.17) is 11.6 Å². The lowest BCUT2D eigenvalue weighted by Gasteiger charge is -2.24. The molecular weight excluding hydrogens is 260 g/mol. The van der Waals surface area contributed by atoms with E-state index < -0.39 is 0 Å². The van der Waals surface area contributed by atoms with E-state index in [0.717, 1.165) is 37.4 Å². The van der Waals surface area contributed by atoms with Crippen LogP contribution in [0.25, 0.3) is 0 Å². The minimum Gasteiger partial charge on any atom is -0.353 e. The molecule has 1 heterocycles. The zero-order chi connectivity index (χ0) is 13.7. The number of carbonyl (C=O) groups is 1. The van der Waals surface area contributed by atoms with E-state index in [2.05, 4.69) is 10.6 Å². The maximum atomic E-state index is 12.1. The summed E-state index contributed by atoms with van der Waals surface area (Å²) in [4.78, 5) is 12.1. The Morgan fingerprint density at radius 1 is 1.47 bits per heavy atom. The molecule has 1 amide bonds. The van der Waals surface area contributed by atoms with Crippen LogP contribution in [0.2, 0.25) is 5.02 Å². The minimum atomic E-state index is 0.126. The highest BCUT2D eigenvalue weighted by Crippen LogP contribution is 2.13. The fraction of sp³-hybridized carbons (Fsp3) is 0.533. The summed E-state index contributed by atoms with van der Waals surface area (Å²) < 4.78 is 0. The van der Waals surface area contributed by atoms with Crippen LogP contribution in [-0.4, -0.2) is 25.0 Å². The van der Waals surface area contributed by atoms with Crippen molar-refractivity contribution in [1.82, 2.24) is 10.6 Å². The number of piperidine rings is 1. The number of benzene rings is 1. The van der Waals surface area contributed by atoms with Gasteiger partial charge in [0.1, 0.15) is 0 Å². The van der Waals surface area contributed by atoms with Crippen LogP contribution in [0.15, 0.2) is 24.3 Å². The SMILES string of the molecule is CC(Cc1ccc(Cl)cc1)NC(=O)[C@H]1CCCNC1. The predicted molar refractivity (Wildman–Crippen MR) is 78.4 cm³/mol. The van der Waals surface area contributed by atoms with Crippen LogP contribution in [0, 0.1) is 5.92 Å². The van der Waals surface area contributed by atoms with Crippen molar-refractivity contribution in [3.8, 4) is 0 Å². The molecule has 0 aromatic heterocycles. The quantitative estimate of drug-likeness (QED) is 0.889. The summed E-state index contributed by atoms with van der Waals surface area (Å²) >= 11 is 5.86. The third-order valence-corrected chi connectivity index (χ3v) is 3.76. The lowest BCUT2D eigenvalue weighted by atomic mass is 9.98. The van der Waals surface area contributed by atoms with Gasteiger partial charge in [-0.3, -0.25) is 4.79 Å². The zero-order valence-corrected chi connectivity index (χ0v) is 12.0. The normalized spacial score (nSPS) is 20.8. The number of carbonyl (C=O) groups excluding carboxylic acids is 1. The van der Waals surface area contributed by atoms with Gasteiger partial charge in [-0.2, -0.15) is 0 Å². The molecule has 3 nitrogen and oxygen atoms in total. The van der Waals surface area contributed by atoms with Crippen molar-refractivity contribution in [3.05, 3.63) is 34.9 Å². The highest BCUT2D eigenvalue weighted by molar-refractivity contribution is 6.30. The van der Waals surface area contributed by atoms with Gasteiger partial charge in [-0.25, -0.2) is 0 Å². The fourth-order valence-corrected chi connectivity index (χ4v) is 2.59. The van der Waals surface area contributed by atoms with Gasteiger partial charge in [0.05, 0.1) is 5.92 Å². The minimum absolute atomic E-state index is 0.126. The first kappa shape index (κ1) is 14.4. The molecule has 104 valence electrons. The Hall–Kier alpha value is -1.06. The van der Waals surface area contributed by atoms with Crippen LogP contribution in [0.1, 0.15) is 25.3 Å². The molecule has 2 rings (SSSR count). The van der Waals surface area contributed by atoms with Crippen LogP contribution in [0.5, 0.6) is 0 Å². The summed E-state index contributed by atoms with van der Waals surface area (Å²) in [5.41, 5.74) is 1.19. The number of halogens is 1. The first-order valence-electron chi connectivity index (χ1n) is 6.90. The molecule has 1 unspecified atom stereocenters. The second kappa shape index (κ2) is 6.92. The fourth-order valence-electron chi connectivity index (χ4n) is 2.46. The Balaban J connectivity index is 1.81. The third kappa shape index (κ3) is 4.51. The highest BCUT2D eigenvalue weighted by atomic mass is 35.5. The van der Waals surface area contributed by atoms with Gasteiger partial charge in [-0.15, -0.1) is 0 Å². The highest BCUT2D eigenvalue weighted by Gasteiger charge is 2.21. The van der Waals surface area contributed by atoms with Gasteiger partial charge in [0.15, 0.2) is 0 Å². The molecule has 1 fully saturated rings. The zero-order valence-electron chi connectivity index (χ0n) is 11.3. The van der Waals surface area contributed by atoms with E-state index in [9.17, 15) is 4.79 Å². The molecule has 0 spiro atoms. The van der Waals surface area contributed by atoms with Crippen LogP contribution in [0.4, 0.5) is 0 Å². The summed E-state index contributed by atoms with van der Waals surface area (Å²) in [5, 5.41) is 7.11. The molecular formula is C15H21ClN2O. The van der Waals surface area contributed by atoms with Crippen molar-refractivity contribution in [3.63, 3.8) is 0 Å². The van der Waals surface area contributed by atoms with E-state index in [1.165, 1.54) is 5.56 Å². The molecule has 2 N–H and O–H groups in total. The number of hydrogen-bond donors (Lipinski definition) is 2. The van der Waals surface area contributed by atoms with Crippen LogP contribution in [-0.2, 0) is 11.2 Å². The molecule has 1 aliphatic rings. The van der Waals surface area contributed by atoms with Gasteiger partial charge in [0.2, 0.25) is 5.91 Å². The summed E-state index contributed by atoms with van der Waals surface area (Å²) in [5.74, 6) is 0.301. The molecule has 1 aromatic carbocycles. The molecule has 0 bridgehead atoms. The average molecular weight is 281 g/mol. The molecule has 4 heteroatoms. The second-order valence-electron chi connectivity index (χ2n) is 5.28. The Morgan fingerprint density at radius 3 is 2.84 bits per heavy atom. The van der Waals surface area contributed by atoms with Gasteiger partial charge in [0.25, 0.3) is 0 Å². The van der Waals surface area contributed by atoms with Crippen LogP contribution < -0.4 is 10.6 Å². The molecule has 19 heavy (non-hydrogen) atoms. The third-order valence-electron chi connectivity index (χ3n) is 3.51. The van der Waals surface area contributed by atoms with Crippen molar-refractivity contribution in [2.45, 2.75) is 32.2 Å². The Bertz CT molecular complexity index is 413. The van der Waals surface area contributed by atoms with Crippen LogP contribution >= 0.6 is 11.6 Å². The van der Waals surface area contributed by atoms with E-state index in [0.29, 0.717) is 0 Å². The first-order chi connectivity index (χ1) is 9.15. The standard InChI is InChI=1S/C15H21ClN2O/c1-11(9-12-4-6-14(16)7-5-12)18-15(19)13-3-2-8-17-10-13/h4-7,11,13,17H,2-3,8-10H2,1H3,(H,18,19)/t11?,13-/m0/s1. The Morgan fingerprint density at radius 2 is 2.21 bits per heavy atom. The smallest absolute Gasteiger partial charge is 0.224 e. The van der Waals surface area contributed by atoms with Crippen molar-refractivity contribution < 1.29 is 4.79 Å². The molecule has 1 aromatic rings. The van der Waals surface area contributed by atoms with Gasteiger partial charge in [-0.1, -0.05) is 23.7 Å². The van der Waals surface area contributed by atoms with E-state index in [1.54, 1.807) is 0 Å². The van der Waals surface area contributed by atoms with Gasteiger partial charge < -0.3 is 10.6 Å². The first-order valence-corrected chi connectivity index (χ1v) is 7.28. The second-order valence-corrected chi connectivity index (χ2v) is 5.72. The lowest BCUT2D eigenvalue weighted by molar-refractivity contribution is -0.126. The average Bonchev–Trinajstić information content (AvgIpc) is 2.42. The number of nitrogens with one attached hydrogen (secondary N) is 2. The van der Waals surface area contributed by atoms with Crippen molar-refractivity contribution in [2.24, 2.45) is 5.92 Å². The molecule has 0 radical (unpaired) electrons. The summed E-state index contributed by atoms with van der Waals surface area (Å²) in [6.45, 7) is 3.88. The van der Waals surface area contributed by atoms with Crippen molar-refractivity contribution in [1.29, 1.82) is 0 Å². The van der Waals surface area contributed by atoms with Gasteiger partial charge in [0, 0.05) is 17.6 Å². The molecule has 1 aliphatic heterocycles. The van der Waals surface area contributed by atoms with E-state index in [-0.39, 0.29) is 17.9 Å². The summed E-state index contributed by atoms with van der Waals surface area (Å²) in [7, 11) is 0. The maximum Gasteiger partial charge on any atom is 0.224 e. The van der Waals surface area contributed by atoms with Gasteiger partial charge >= 0.3 is 0 Å². The molecule has 0 aliphatic carbocycles. The van der Waals surface area contributed by atoms with Crippen LogP contribution in [0.3, 0.4) is 0 Å². The largest absolute Gasteiger partial charge is 0.353 e. The molecule has 1 saturated heterocycles. The Labute approximate surface area is 119 Å². The summed E-state index contributed by atoms with van der Waals surface area (Å²) in [6, 6.07) is 7.93. The number of amides is 1. The van der Waals surface area contributed by atoms with Crippen molar-refractivity contribution >= 4 is 17.5 Å². The number of hydrogen-bond acceptors (Lipinski definition) is 2. The van der Waals surface area contributed by atoms with E-state index in [1.807, 2.05) is 31.2 Å². The number of rotatable bonds is 4. The van der Waals surface area contributed by atoms with Gasteiger partial charge in [-0.05, 0) is 50.4 Å². The molecule has 0 saturated carbocycles. The van der Waals surface area contributed by atoms with Crippen molar-refractivity contribution in [2.75, 3.05) is 13.1 Å². The molecule has 2 atom stereocenters. The monoisotopic (exact) mass is 280 g/mol. The topological polar surface area (TPSA) is 41.1 Å². The Kier molecular flexibility index (Phi) is 5.23. The lowest BCUT2D eigenvalue weighted by Crippen LogP contribution is -2.44. The maximum absolute atomic E-state index is 12.1. The van der Waals surface area contributed by atoms with E-state index >= 15 is 0 Å². The summed E-state index contributed by atoms with van der Waals surface area (Å²) in [6.07, 6.45) is 2.92.